The smallest absolute Gasteiger partial charge is 0.404 e. The molecule has 1 aromatic carbocycles. The van der Waals surface area contributed by atoms with Gasteiger partial charge in [-0.25, -0.2) is 0 Å². The first kappa shape index (κ1) is 14.8. The number of benzene rings is 1. The van der Waals surface area contributed by atoms with Crippen molar-refractivity contribution in [3.05, 3.63) is 47.1 Å². The Morgan fingerprint density at radius 3 is 2.83 bits per heavy atom. The van der Waals surface area contributed by atoms with Crippen molar-refractivity contribution in [1.82, 2.24) is 4.90 Å². The lowest BCUT2D eigenvalue weighted by atomic mass is 9.70. The van der Waals surface area contributed by atoms with Gasteiger partial charge in [-0.2, -0.15) is 4.39 Å². The predicted molar refractivity (Wildman–Crippen MR) is 87.6 cm³/mol. The van der Waals surface area contributed by atoms with Gasteiger partial charge in [0.25, 0.3) is 0 Å². The number of likely N-dealkylation sites (tertiary alicyclic amines) is 1. The summed E-state index contributed by atoms with van der Waals surface area (Å²) in [6.07, 6.45) is 7.86. The molecule has 0 aromatic heterocycles. The maximum absolute atomic E-state index is 14.1. The van der Waals surface area contributed by atoms with Crippen molar-refractivity contribution in [2.24, 2.45) is 0 Å². The highest BCUT2D eigenvalue weighted by molar-refractivity contribution is 5.55. The van der Waals surface area contributed by atoms with Crippen LogP contribution >= 0.6 is 0 Å². The summed E-state index contributed by atoms with van der Waals surface area (Å²) in [5, 5.41) is 0. The zero-order valence-electron chi connectivity index (χ0n) is 14.0. The van der Waals surface area contributed by atoms with Crippen LogP contribution in [0.25, 0.3) is 0 Å². The van der Waals surface area contributed by atoms with Crippen LogP contribution in [-0.2, 0) is 5.41 Å². The lowest BCUT2D eigenvalue weighted by Crippen LogP contribution is -2.40. The van der Waals surface area contributed by atoms with E-state index < -0.39 is 6.04 Å². The number of fused-ring (bicyclic) bond motifs is 2. The average Bonchev–Trinajstić information content (AvgIpc) is 2.97. The Kier molecular flexibility index (Phi) is 2.95. The first-order valence-electron chi connectivity index (χ1n) is 8.11. The van der Waals surface area contributed by atoms with Gasteiger partial charge in [0.05, 0.1) is 0 Å². The van der Waals surface area contributed by atoms with E-state index in [1.165, 1.54) is 18.1 Å². The molecule has 4 heteroatoms. The molecule has 3 nitrogen and oxygen atoms in total. The van der Waals surface area contributed by atoms with Gasteiger partial charge in [-0.1, -0.05) is 29.9 Å². The summed E-state index contributed by atoms with van der Waals surface area (Å²) >= 11 is 0. The van der Waals surface area contributed by atoms with E-state index in [1.807, 2.05) is 13.0 Å². The molecule has 0 radical (unpaired) electrons. The zero-order chi connectivity index (χ0) is 16.4. The number of nitrogens with zero attached hydrogens (tertiary/aromatic N) is 1. The molecule has 4 rings (SSSR count). The second kappa shape index (κ2) is 4.60. The summed E-state index contributed by atoms with van der Waals surface area (Å²) in [6, 6.07) is 2.32. The summed E-state index contributed by atoms with van der Waals surface area (Å²) in [5.41, 5.74) is 3.30. The van der Waals surface area contributed by atoms with Crippen LogP contribution in [-0.4, -0.2) is 30.6 Å². The molecule has 0 amide bonds. The minimum absolute atomic E-state index is 0.0767. The third-order valence-electron chi connectivity index (χ3n) is 5.30. The normalized spacial score (nSPS) is 35.3. The minimum Gasteiger partial charge on any atom is -0.423 e. The number of aryl methyl sites for hydroxylation is 1. The van der Waals surface area contributed by atoms with Gasteiger partial charge in [-0.15, -0.1) is 0 Å². The zero-order valence-corrected chi connectivity index (χ0v) is 14.0. The van der Waals surface area contributed by atoms with Crippen molar-refractivity contribution in [3.8, 4) is 11.5 Å². The summed E-state index contributed by atoms with van der Waals surface area (Å²) in [5.74, 6) is 1.02. The first-order valence-corrected chi connectivity index (χ1v) is 8.11. The largest absolute Gasteiger partial charge is 0.423 e. The molecular weight excluding hydrogens is 293 g/mol. The van der Waals surface area contributed by atoms with Crippen LogP contribution in [0.2, 0.25) is 0 Å². The van der Waals surface area contributed by atoms with E-state index in [1.54, 1.807) is 0 Å². The van der Waals surface area contributed by atoms with Crippen LogP contribution in [0.4, 0.5) is 4.39 Å². The van der Waals surface area contributed by atoms with Gasteiger partial charge in [0, 0.05) is 18.4 Å². The molecule has 0 saturated carbocycles. The Labute approximate surface area is 136 Å². The highest BCUT2D eigenvalue weighted by atomic mass is 19.2. The van der Waals surface area contributed by atoms with E-state index in [0.717, 1.165) is 18.5 Å². The Bertz CT molecular complexity index is 737. The van der Waals surface area contributed by atoms with Gasteiger partial charge in [-0.3, -0.25) is 4.90 Å². The summed E-state index contributed by atoms with van der Waals surface area (Å²) in [6.45, 7) is 6.41. The van der Waals surface area contributed by atoms with Gasteiger partial charge in [0.1, 0.15) is 0 Å². The van der Waals surface area contributed by atoms with Crippen molar-refractivity contribution >= 4 is 0 Å². The van der Waals surface area contributed by atoms with E-state index in [9.17, 15) is 4.39 Å². The Balaban J connectivity index is 1.83. The van der Waals surface area contributed by atoms with Gasteiger partial charge in [0.15, 0.2) is 11.5 Å². The molecule has 122 valence electrons. The molecule has 0 spiro atoms. The van der Waals surface area contributed by atoms with Crippen molar-refractivity contribution in [2.75, 3.05) is 13.6 Å². The number of rotatable bonds is 1. The molecule has 1 aliphatic carbocycles. The SMILES string of the molecule is CC1=C[C@@H]2N(C)CC[C@]2(c2cc(C)c3c(c2)OC(C)(F)O3)C=C1. The lowest BCUT2D eigenvalue weighted by molar-refractivity contribution is -0.173. The fraction of sp³-hybridized carbons (Fsp3) is 0.474. The predicted octanol–water partition coefficient (Wildman–Crippen LogP) is 3.87. The van der Waals surface area contributed by atoms with Crippen molar-refractivity contribution in [1.29, 1.82) is 0 Å². The van der Waals surface area contributed by atoms with E-state index in [2.05, 4.69) is 43.2 Å². The fourth-order valence-corrected chi connectivity index (χ4v) is 4.11. The highest BCUT2D eigenvalue weighted by Crippen LogP contribution is 2.49. The van der Waals surface area contributed by atoms with Crippen LogP contribution in [0.3, 0.4) is 0 Å². The van der Waals surface area contributed by atoms with Crippen molar-refractivity contribution < 1.29 is 13.9 Å². The monoisotopic (exact) mass is 315 g/mol. The molecule has 2 heterocycles. The van der Waals surface area contributed by atoms with Gasteiger partial charge < -0.3 is 9.47 Å². The number of ether oxygens (including phenoxy) is 2. The van der Waals surface area contributed by atoms with Crippen LogP contribution in [0.5, 0.6) is 11.5 Å². The first-order chi connectivity index (χ1) is 10.8. The van der Waals surface area contributed by atoms with E-state index in [-0.39, 0.29) is 5.41 Å². The van der Waals surface area contributed by atoms with Crippen LogP contribution in [0, 0.1) is 6.92 Å². The van der Waals surface area contributed by atoms with E-state index >= 15 is 0 Å². The summed E-state index contributed by atoms with van der Waals surface area (Å²) in [7, 11) is 2.16. The second-order valence-corrected chi connectivity index (χ2v) is 7.12. The Hall–Kier alpha value is -1.81. The molecule has 3 atom stereocenters. The van der Waals surface area contributed by atoms with Crippen molar-refractivity contribution in [3.63, 3.8) is 0 Å². The number of halogens is 1. The Morgan fingerprint density at radius 2 is 2.04 bits per heavy atom. The number of alkyl halides is 1. The molecule has 1 saturated heterocycles. The van der Waals surface area contributed by atoms with Crippen LogP contribution in [0.15, 0.2) is 35.9 Å². The number of allylic oxidation sites excluding steroid dienone is 2. The topological polar surface area (TPSA) is 21.7 Å². The Morgan fingerprint density at radius 1 is 1.26 bits per heavy atom. The number of likely N-dealkylation sites (N-methyl/N-ethyl adjacent to an activating group) is 1. The molecule has 1 unspecified atom stereocenters. The standard InChI is InChI=1S/C19H22FNO2/c1-12-5-6-19(7-8-21(4)16(19)9-12)14-10-13(2)17-15(11-14)22-18(3,20)23-17/h5-6,9-11,16H,7-8H2,1-4H3/t16-,18?,19-/m0/s1. The fourth-order valence-electron chi connectivity index (χ4n) is 4.11. The minimum atomic E-state index is -2.08. The third-order valence-corrected chi connectivity index (χ3v) is 5.30. The second-order valence-electron chi connectivity index (χ2n) is 7.12. The van der Waals surface area contributed by atoms with E-state index in [0.29, 0.717) is 17.5 Å². The molecule has 0 N–H and O–H groups in total. The molecule has 3 aliphatic rings. The van der Waals surface area contributed by atoms with Gasteiger partial charge in [-0.05, 0) is 51.1 Å². The average molecular weight is 315 g/mol. The lowest BCUT2D eigenvalue weighted by Gasteiger charge is -2.36. The molecule has 23 heavy (non-hydrogen) atoms. The maximum atomic E-state index is 14.1. The molecule has 1 fully saturated rings. The highest BCUT2D eigenvalue weighted by Gasteiger charge is 2.47. The van der Waals surface area contributed by atoms with Gasteiger partial charge >= 0.3 is 6.04 Å². The molecule has 2 aliphatic heterocycles. The maximum Gasteiger partial charge on any atom is 0.404 e. The summed E-state index contributed by atoms with van der Waals surface area (Å²) in [4.78, 5) is 2.38. The molecule has 0 bridgehead atoms. The van der Waals surface area contributed by atoms with E-state index in [4.69, 9.17) is 9.47 Å². The third kappa shape index (κ3) is 2.12. The quantitative estimate of drug-likeness (QED) is 0.785. The number of hydrogen-bond acceptors (Lipinski definition) is 3. The van der Waals surface area contributed by atoms with Crippen LogP contribution < -0.4 is 9.47 Å². The van der Waals surface area contributed by atoms with Crippen LogP contribution in [0.1, 0.15) is 31.4 Å². The summed E-state index contributed by atoms with van der Waals surface area (Å²) < 4.78 is 24.7. The van der Waals surface area contributed by atoms with Crippen molar-refractivity contribution in [2.45, 2.75) is 44.7 Å². The van der Waals surface area contributed by atoms with Gasteiger partial charge in [0.2, 0.25) is 0 Å². The molecule has 1 aromatic rings. The molecular formula is C19H22FNO2. The number of hydrogen-bond donors (Lipinski definition) is 0.